The summed E-state index contributed by atoms with van der Waals surface area (Å²) in [6, 6.07) is 0. The average molecular weight is 213 g/mol. The topological polar surface area (TPSA) is 62.3 Å². The van der Waals surface area contributed by atoms with Gasteiger partial charge in [0.1, 0.15) is 0 Å². The maximum Gasteiger partial charge on any atom is 0.0966 e. The highest BCUT2D eigenvalue weighted by Gasteiger charge is 2.32. The van der Waals surface area contributed by atoms with Gasteiger partial charge < -0.3 is 15.4 Å². The number of amidine groups is 1. The number of piperidine rings is 1. The molecule has 0 bridgehead atoms. The van der Waals surface area contributed by atoms with Crippen molar-refractivity contribution in [1.82, 2.24) is 4.90 Å². The van der Waals surface area contributed by atoms with Gasteiger partial charge in [0.25, 0.3) is 0 Å². The van der Waals surface area contributed by atoms with E-state index in [1.165, 1.54) is 0 Å². The van der Waals surface area contributed by atoms with Gasteiger partial charge in [0.15, 0.2) is 0 Å². The average Bonchev–Trinajstić information content (AvgIpc) is 2.21. The molecule has 1 saturated heterocycles. The lowest BCUT2D eigenvalue weighted by atomic mass is 9.79. The predicted octanol–water partition coefficient (Wildman–Crippen LogP) is 1.06. The molecular weight excluding hydrogens is 190 g/mol. The van der Waals surface area contributed by atoms with Crippen molar-refractivity contribution in [2.45, 2.75) is 26.7 Å². The first-order chi connectivity index (χ1) is 7.08. The molecular formula is C11H23N3O. The summed E-state index contributed by atoms with van der Waals surface area (Å²) in [5.41, 5.74) is 5.54. The van der Waals surface area contributed by atoms with Crippen molar-refractivity contribution < 1.29 is 4.74 Å². The summed E-state index contributed by atoms with van der Waals surface area (Å²) in [4.78, 5) is 2.39. The van der Waals surface area contributed by atoms with Crippen molar-refractivity contribution in [1.29, 1.82) is 5.41 Å². The molecule has 0 aromatic carbocycles. The quantitative estimate of drug-likeness (QED) is 0.408. The zero-order chi connectivity index (χ0) is 11.3. The summed E-state index contributed by atoms with van der Waals surface area (Å²) in [7, 11) is 0. The third kappa shape index (κ3) is 3.47. The molecule has 3 N–H and O–H groups in total. The Balaban J connectivity index is 2.26. The molecule has 4 heteroatoms. The van der Waals surface area contributed by atoms with Gasteiger partial charge in [-0.05, 0) is 32.9 Å². The molecule has 0 aromatic rings. The number of rotatable bonds is 5. The van der Waals surface area contributed by atoms with Crippen molar-refractivity contribution in [2.24, 2.45) is 11.1 Å². The van der Waals surface area contributed by atoms with Crippen LogP contribution < -0.4 is 5.73 Å². The first-order valence-electron chi connectivity index (χ1n) is 5.73. The third-order valence-electron chi connectivity index (χ3n) is 3.37. The van der Waals surface area contributed by atoms with Crippen LogP contribution in [-0.4, -0.2) is 43.6 Å². The smallest absolute Gasteiger partial charge is 0.0966 e. The van der Waals surface area contributed by atoms with E-state index in [1.54, 1.807) is 0 Å². The second kappa shape index (κ2) is 5.47. The molecule has 0 saturated carbocycles. The number of nitrogens with zero attached hydrogens (tertiary/aromatic N) is 1. The van der Waals surface area contributed by atoms with E-state index in [0.29, 0.717) is 5.84 Å². The lowest BCUT2D eigenvalue weighted by Crippen LogP contribution is -2.45. The molecule has 1 fully saturated rings. The third-order valence-corrected chi connectivity index (χ3v) is 3.37. The molecule has 15 heavy (non-hydrogen) atoms. The summed E-state index contributed by atoms with van der Waals surface area (Å²) in [5.74, 6) is 0.340. The Bertz CT molecular complexity index is 210. The van der Waals surface area contributed by atoms with Crippen LogP contribution in [0.15, 0.2) is 0 Å². The van der Waals surface area contributed by atoms with Gasteiger partial charge in [-0.3, -0.25) is 5.41 Å². The van der Waals surface area contributed by atoms with Gasteiger partial charge in [-0.1, -0.05) is 6.92 Å². The molecule has 0 radical (unpaired) electrons. The highest BCUT2D eigenvalue weighted by atomic mass is 16.5. The monoisotopic (exact) mass is 213 g/mol. The van der Waals surface area contributed by atoms with E-state index in [4.69, 9.17) is 15.9 Å². The number of ether oxygens (including phenoxy) is 1. The van der Waals surface area contributed by atoms with Crippen LogP contribution in [0.5, 0.6) is 0 Å². The summed E-state index contributed by atoms with van der Waals surface area (Å²) in [5, 5.41) is 7.55. The molecule has 1 heterocycles. The second-order valence-electron chi connectivity index (χ2n) is 4.51. The zero-order valence-electron chi connectivity index (χ0n) is 9.88. The predicted molar refractivity (Wildman–Crippen MR) is 62.2 cm³/mol. The van der Waals surface area contributed by atoms with Crippen LogP contribution in [0.3, 0.4) is 0 Å². The fraction of sp³-hybridized carbons (Fsp3) is 0.909. The van der Waals surface area contributed by atoms with E-state index in [2.05, 4.69) is 11.8 Å². The maximum absolute atomic E-state index is 7.55. The number of hydrogen-bond acceptors (Lipinski definition) is 3. The van der Waals surface area contributed by atoms with Crippen molar-refractivity contribution in [3.05, 3.63) is 0 Å². The van der Waals surface area contributed by atoms with Gasteiger partial charge in [-0.15, -0.1) is 0 Å². The van der Waals surface area contributed by atoms with E-state index in [1.807, 2.05) is 6.92 Å². The Morgan fingerprint density at radius 3 is 2.53 bits per heavy atom. The molecule has 0 aromatic heterocycles. The van der Waals surface area contributed by atoms with Crippen molar-refractivity contribution in [2.75, 3.05) is 32.8 Å². The van der Waals surface area contributed by atoms with Crippen molar-refractivity contribution >= 4 is 5.84 Å². The van der Waals surface area contributed by atoms with Crippen LogP contribution in [-0.2, 0) is 4.74 Å². The summed E-state index contributed by atoms with van der Waals surface area (Å²) in [6.45, 7) is 8.78. The van der Waals surface area contributed by atoms with Crippen LogP contribution in [0, 0.1) is 10.8 Å². The Morgan fingerprint density at radius 2 is 2.07 bits per heavy atom. The van der Waals surface area contributed by atoms with Crippen molar-refractivity contribution in [3.63, 3.8) is 0 Å². The van der Waals surface area contributed by atoms with Gasteiger partial charge in [0.05, 0.1) is 12.4 Å². The molecule has 0 amide bonds. The molecule has 88 valence electrons. The van der Waals surface area contributed by atoms with Crippen LogP contribution in [0.1, 0.15) is 26.7 Å². The van der Waals surface area contributed by atoms with Gasteiger partial charge in [0.2, 0.25) is 0 Å². The Kier molecular flexibility index (Phi) is 4.54. The fourth-order valence-corrected chi connectivity index (χ4v) is 1.88. The summed E-state index contributed by atoms with van der Waals surface area (Å²) >= 11 is 0. The Hall–Kier alpha value is -0.610. The molecule has 1 aliphatic rings. The number of hydrogen-bond donors (Lipinski definition) is 2. The molecule has 0 atom stereocenters. The zero-order valence-corrected chi connectivity index (χ0v) is 9.88. The van der Waals surface area contributed by atoms with Crippen LogP contribution in [0.25, 0.3) is 0 Å². The number of nitrogens with one attached hydrogen (secondary N) is 1. The number of nitrogens with two attached hydrogens (primary N) is 1. The van der Waals surface area contributed by atoms with E-state index in [-0.39, 0.29) is 5.41 Å². The highest BCUT2D eigenvalue weighted by molar-refractivity contribution is 5.83. The molecule has 1 rings (SSSR count). The van der Waals surface area contributed by atoms with Gasteiger partial charge in [-0.2, -0.15) is 0 Å². The molecule has 0 spiro atoms. The Labute approximate surface area is 92.3 Å². The van der Waals surface area contributed by atoms with Gasteiger partial charge in [0, 0.05) is 18.6 Å². The Morgan fingerprint density at radius 1 is 1.47 bits per heavy atom. The van der Waals surface area contributed by atoms with Gasteiger partial charge in [-0.25, -0.2) is 0 Å². The second-order valence-corrected chi connectivity index (χ2v) is 4.51. The van der Waals surface area contributed by atoms with E-state index in [0.717, 1.165) is 45.7 Å². The molecule has 0 aliphatic carbocycles. The minimum Gasteiger partial charge on any atom is -0.387 e. The van der Waals surface area contributed by atoms with E-state index < -0.39 is 0 Å². The SMILES string of the molecule is CCOCCN1CCC(C)(C(=N)N)CC1. The molecule has 1 aliphatic heterocycles. The van der Waals surface area contributed by atoms with Crippen LogP contribution in [0.4, 0.5) is 0 Å². The van der Waals surface area contributed by atoms with Gasteiger partial charge >= 0.3 is 0 Å². The van der Waals surface area contributed by atoms with Crippen LogP contribution in [0.2, 0.25) is 0 Å². The largest absolute Gasteiger partial charge is 0.387 e. The summed E-state index contributed by atoms with van der Waals surface area (Å²) < 4.78 is 5.33. The lowest BCUT2D eigenvalue weighted by molar-refractivity contribution is 0.0896. The number of likely N-dealkylation sites (tertiary alicyclic amines) is 1. The first kappa shape index (κ1) is 12.5. The highest BCUT2D eigenvalue weighted by Crippen LogP contribution is 2.30. The minimum atomic E-state index is -0.0673. The molecule has 4 nitrogen and oxygen atoms in total. The van der Waals surface area contributed by atoms with E-state index in [9.17, 15) is 0 Å². The first-order valence-corrected chi connectivity index (χ1v) is 5.73. The standard InChI is InChI=1S/C11H23N3O/c1-3-15-9-8-14-6-4-11(2,5-7-14)10(12)13/h3-9H2,1-2H3,(H3,12,13). The minimum absolute atomic E-state index is 0.0673. The molecule has 0 unspecified atom stereocenters. The lowest BCUT2D eigenvalue weighted by Gasteiger charge is -2.38. The van der Waals surface area contributed by atoms with Crippen LogP contribution >= 0.6 is 0 Å². The fourth-order valence-electron chi connectivity index (χ4n) is 1.88. The maximum atomic E-state index is 7.55. The summed E-state index contributed by atoms with van der Waals surface area (Å²) in [6.07, 6.45) is 1.99. The van der Waals surface area contributed by atoms with Crippen molar-refractivity contribution in [3.8, 4) is 0 Å². The normalized spacial score (nSPS) is 21.5. The van der Waals surface area contributed by atoms with E-state index >= 15 is 0 Å².